The van der Waals surface area contributed by atoms with Crippen molar-refractivity contribution in [3.8, 4) is 5.75 Å². The lowest BCUT2D eigenvalue weighted by molar-refractivity contribution is -0.123. The van der Waals surface area contributed by atoms with Crippen LogP contribution in [0.25, 0.3) is 0 Å². The maximum absolute atomic E-state index is 12.0. The van der Waals surface area contributed by atoms with Gasteiger partial charge in [-0.2, -0.15) is 0 Å². The second-order valence-electron chi connectivity index (χ2n) is 5.19. The van der Waals surface area contributed by atoms with Gasteiger partial charge in [0.1, 0.15) is 12.2 Å². The van der Waals surface area contributed by atoms with Crippen LogP contribution in [0.1, 0.15) is 16.8 Å². The summed E-state index contributed by atoms with van der Waals surface area (Å²) >= 11 is 5.90. The van der Waals surface area contributed by atoms with E-state index in [0.717, 1.165) is 0 Å². The highest BCUT2D eigenvalue weighted by Crippen LogP contribution is 2.27. The first-order valence-electron chi connectivity index (χ1n) is 7.54. The van der Waals surface area contributed by atoms with Gasteiger partial charge in [-0.25, -0.2) is 4.79 Å². The van der Waals surface area contributed by atoms with Gasteiger partial charge in [0, 0.05) is 10.7 Å². The topological polar surface area (TPSA) is 93.7 Å². The van der Waals surface area contributed by atoms with Crippen molar-refractivity contribution in [2.45, 2.75) is 6.42 Å². The monoisotopic (exact) mass is 376 g/mol. The molecule has 2 N–H and O–H groups in total. The second kappa shape index (κ2) is 8.87. The lowest BCUT2D eigenvalue weighted by atomic mass is 10.2. The van der Waals surface area contributed by atoms with Gasteiger partial charge in [0.25, 0.3) is 0 Å². The van der Waals surface area contributed by atoms with Crippen LogP contribution in [0.4, 0.5) is 11.4 Å². The number of hydrogen-bond donors (Lipinski definition) is 2. The van der Waals surface area contributed by atoms with Gasteiger partial charge in [0.05, 0.1) is 25.5 Å². The Morgan fingerprint density at radius 1 is 0.962 bits per heavy atom. The molecule has 0 unspecified atom stereocenters. The van der Waals surface area contributed by atoms with Crippen LogP contribution in [0, 0.1) is 0 Å². The van der Waals surface area contributed by atoms with Crippen LogP contribution in [0.2, 0.25) is 5.02 Å². The summed E-state index contributed by atoms with van der Waals surface area (Å²) in [7, 11) is 2.75. The Hall–Kier alpha value is -3.06. The van der Waals surface area contributed by atoms with Crippen LogP contribution in [-0.4, -0.2) is 32.0 Å². The summed E-state index contributed by atoms with van der Waals surface area (Å²) in [6, 6.07) is 10.9. The average Bonchev–Trinajstić information content (AvgIpc) is 2.61. The van der Waals surface area contributed by atoms with E-state index in [0.29, 0.717) is 27.7 Å². The predicted molar refractivity (Wildman–Crippen MR) is 97.7 cm³/mol. The SMILES string of the molecule is COC(=O)c1ccc(NC(=O)CC(=O)Nc2cc(Cl)ccc2OC)cc1. The number of benzene rings is 2. The summed E-state index contributed by atoms with van der Waals surface area (Å²) in [4.78, 5) is 35.4. The summed E-state index contributed by atoms with van der Waals surface area (Å²) in [6.45, 7) is 0. The van der Waals surface area contributed by atoms with Crippen LogP contribution in [0.5, 0.6) is 5.75 Å². The lowest BCUT2D eigenvalue weighted by Gasteiger charge is -2.11. The molecule has 7 nitrogen and oxygen atoms in total. The molecule has 0 aliphatic heterocycles. The first-order valence-corrected chi connectivity index (χ1v) is 7.92. The highest BCUT2D eigenvalue weighted by Gasteiger charge is 2.13. The maximum Gasteiger partial charge on any atom is 0.337 e. The van der Waals surface area contributed by atoms with Crippen LogP contribution < -0.4 is 15.4 Å². The molecule has 0 heterocycles. The molecule has 0 aliphatic rings. The van der Waals surface area contributed by atoms with Crippen LogP contribution >= 0.6 is 11.6 Å². The molecule has 8 heteroatoms. The molecule has 0 radical (unpaired) electrons. The third kappa shape index (κ3) is 5.22. The highest BCUT2D eigenvalue weighted by molar-refractivity contribution is 6.31. The lowest BCUT2D eigenvalue weighted by Crippen LogP contribution is -2.21. The fourth-order valence-corrected chi connectivity index (χ4v) is 2.30. The molecule has 0 aromatic heterocycles. The van der Waals surface area contributed by atoms with Gasteiger partial charge in [-0.05, 0) is 42.5 Å². The highest BCUT2D eigenvalue weighted by atomic mass is 35.5. The van der Waals surface area contributed by atoms with Crippen LogP contribution in [0.15, 0.2) is 42.5 Å². The van der Waals surface area contributed by atoms with Gasteiger partial charge in [0.15, 0.2) is 0 Å². The summed E-state index contributed by atoms with van der Waals surface area (Å²) in [5, 5.41) is 5.58. The number of amides is 2. The number of esters is 1. The van der Waals surface area contributed by atoms with E-state index in [1.54, 1.807) is 24.3 Å². The zero-order valence-corrected chi connectivity index (χ0v) is 14.9. The summed E-state index contributed by atoms with van der Waals surface area (Å²) in [5.74, 6) is -1.07. The number of hydrogen-bond acceptors (Lipinski definition) is 5. The number of ether oxygens (including phenoxy) is 2. The zero-order valence-electron chi connectivity index (χ0n) is 14.2. The van der Waals surface area contributed by atoms with Crippen molar-refractivity contribution < 1.29 is 23.9 Å². The van der Waals surface area contributed by atoms with E-state index in [9.17, 15) is 14.4 Å². The van der Waals surface area contributed by atoms with Crippen molar-refractivity contribution in [2.75, 3.05) is 24.9 Å². The summed E-state index contributed by atoms with van der Waals surface area (Å²) in [6.07, 6.45) is -0.394. The number of nitrogens with one attached hydrogen (secondary N) is 2. The fourth-order valence-electron chi connectivity index (χ4n) is 2.13. The average molecular weight is 377 g/mol. The van der Waals surface area contributed by atoms with Crippen molar-refractivity contribution in [3.05, 3.63) is 53.1 Å². The number of anilines is 2. The third-order valence-corrected chi connectivity index (χ3v) is 3.58. The van der Waals surface area contributed by atoms with Gasteiger partial charge < -0.3 is 20.1 Å². The minimum atomic E-state index is -0.519. The number of methoxy groups -OCH3 is 2. The first kappa shape index (κ1) is 19.3. The Bertz CT molecular complexity index is 821. The van der Waals surface area contributed by atoms with Gasteiger partial charge in [-0.1, -0.05) is 11.6 Å². The fraction of sp³-hybridized carbons (Fsp3) is 0.167. The normalized spacial score (nSPS) is 9.96. The molecule has 0 atom stereocenters. The van der Waals surface area contributed by atoms with Gasteiger partial charge in [0.2, 0.25) is 11.8 Å². The molecule has 0 fully saturated rings. The van der Waals surface area contributed by atoms with Gasteiger partial charge in [-0.3, -0.25) is 9.59 Å². The molecule has 2 amide bonds. The van der Waals surface area contributed by atoms with Gasteiger partial charge >= 0.3 is 5.97 Å². The smallest absolute Gasteiger partial charge is 0.337 e. The van der Waals surface area contributed by atoms with E-state index in [4.69, 9.17) is 16.3 Å². The number of halogens is 1. The molecule has 0 aliphatic carbocycles. The minimum absolute atomic E-state index is 0.358. The third-order valence-electron chi connectivity index (χ3n) is 3.35. The van der Waals surface area contributed by atoms with Crippen LogP contribution in [0.3, 0.4) is 0 Å². The van der Waals surface area contributed by atoms with E-state index < -0.39 is 24.2 Å². The Kier molecular flexibility index (Phi) is 6.57. The van der Waals surface area contributed by atoms with E-state index in [1.807, 2.05) is 0 Å². The summed E-state index contributed by atoms with van der Waals surface area (Å²) < 4.78 is 9.72. The molecule has 136 valence electrons. The maximum atomic E-state index is 12.0. The Morgan fingerprint density at radius 3 is 2.23 bits per heavy atom. The summed E-state index contributed by atoms with van der Waals surface area (Å²) in [5.41, 5.74) is 1.19. The largest absolute Gasteiger partial charge is 0.495 e. The van der Waals surface area contributed by atoms with Gasteiger partial charge in [-0.15, -0.1) is 0 Å². The van der Waals surface area contributed by atoms with E-state index in [-0.39, 0.29) is 0 Å². The van der Waals surface area contributed by atoms with Crippen molar-refractivity contribution in [1.29, 1.82) is 0 Å². The van der Waals surface area contributed by atoms with E-state index in [2.05, 4.69) is 15.4 Å². The number of rotatable bonds is 6. The molecule has 2 aromatic carbocycles. The Morgan fingerprint density at radius 2 is 1.62 bits per heavy atom. The molecule has 26 heavy (non-hydrogen) atoms. The standard InChI is InChI=1S/C18H17ClN2O5/c1-25-15-8-5-12(19)9-14(15)21-17(23)10-16(22)20-13-6-3-11(4-7-13)18(24)26-2/h3-9H,10H2,1-2H3,(H,20,22)(H,21,23). The molecular weight excluding hydrogens is 360 g/mol. The van der Waals surface area contributed by atoms with E-state index in [1.165, 1.54) is 32.4 Å². The zero-order chi connectivity index (χ0) is 19.1. The van der Waals surface area contributed by atoms with Crippen molar-refractivity contribution in [3.63, 3.8) is 0 Å². The molecule has 0 bridgehead atoms. The van der Waals surface area contributed by atoms with Crippen LogP contribution in [-0.2, 0) is 14.3 Å². The van der Waals surface area contributed by atoms with E-state index >= 15 is 0 Å². The van der Waals surface area contributed by atoms with Crippen molar-refractivity contribution in [1.82, 2.24) is 0 Å². The molecular formula is C18H17ClN2O5. The second-order valence-corrected chi connectivity index (χ2v) is 5.62. The molecule has 0 spiro atoms. The Labute approximate surface area is 155 Å². The number of carbonyl (C=O) groups is 3. The van der Waals surface area contributed by atoms with Crippen molar-refractivity contribution in [2.24, 2.45) is 0 Å². The molecule has 0 saturated heterocycles. The quantitative estimate of drug-likeness (QED) is 0.596. The molecule has 0 saturated carbocycles. The minimum Gasteiger partial charge on any atom is -0.495 e. The Balaban J connectivity index is 1.94. The number of carbonyl (C=O) groups excluding carboxylic acids is 3. The van der Waals surface area contributed by atoms with Crippen molar-refractivity contribution >= 4 is 40.8 Å². The first-order chi connectivity index (χ1) is 12.4. The molecule has 2 rings (SSSR count). The molecule has 2 aromatic rings. The predicted octanol–water partition coefficient (Wildman–Crippen LogP) is 3.10.